The normalized spacial score (nSPS) is 10.7. The number of benzene rings is 2. The standard InChI is InChI=1S/C12H13N2/c13-7-11-5-9-3-1-2-4-10(9)6-12(11)8-14/h1-5H,7-8,13-14H2. The van der Waals surface area contributed by atoms with E-state index in [-0.39, 0.29) is 0 Å². The van der Waals surface area contributed by atoms with Crippen molar-refractivity contribution in [1.29, 1.82) is 0 Å². The fourth-order valence-electron chi connectivity index (χ4n) is 1.62. The van der Waals surface area contributed by atoms with E-state index < -0.39 is 0 Å². The highest BCUT2D eigenvalue weighted by atomic mass is 14.6. The Morgan fingerprint density at radius 2 is 1.86 bits per heavy atom. The molecule has 0 aromatic heterocycles. The van der Waals surface area contributed by atoms with E-state index in [0.717, 1.165) is 16.5 Å². The first kappa shape index (κ1) is 9.19. The van der Waals surface area contributed by atoms with Gasteiger partial charge in [-0.25, -0.2) is 0 Å². The Morgan fingerprint density at radius 1 is 1.07 bits per heavy atom. The maximum Gasteiger partial charge on any atom is 0.0187 e. The van der Waals surface area contributed by atoms with Crippen LogP contribution < -0.4 is 11.5 Å². The molecule has 2 heteroatoms. The van der Waals surface area contributed by atoms with Gasteiger partial charge in [0.2, 0.25) is 0 Å². The van der Waals surface area contributed by atoms with Gasteiger partial charge in [0, 0.05) is 13.1 Å². The summed E-state index contributed by atoms with van der Waals surface area (Å²) in [6.45, 7) is 1.02. The highest BCUT2D eigenvalue weighted by Gasteiger charge is 2.01. The van der Waals surface area contributed by atoms with Gasteiger partial charge < -0.3 is 11.5 Å². The maximum atomic E-state index is 5.64. The molecule has 2 aromatic rings. The second-order valence-corrected chi connectivity index (χ2v) is 3.27. The zero-order chi connectivity index (χ0) is 9.97. The second kappa shape index (κ2) is 3.78. The van der Waals surface area contributed by atoms with Crippen LogP contribution >= 0.6 is 0 Å². The van der Waals surface area contributed by atoms with Crippen LogP contribution in [-0.4, -0.2) is 0 Å². The molecule has 2 aromatic carbocycles. The average Bonchev–Trinajstić information content (AvgIpc) is 2.27. The molecule has 1 radical (unpaired) electrons. The van der Waals surface area contributed by atoms with Crippen LogP contribution in [-0.2, 0) is 13.1 Å². The lowest BCUT2D eigenvalue weighted by molar-refractivity contribution is 0.983. The Bertz CT molecular complexity index is 407. The van der Waals surface area contributed by atoms with E-state index in [1.165, 1.54) is 5.39 Å². The van der Waals surface area contributed by atoms with Crippen molar-refractivity contribution < 1.29 is 0 Å². The fourth-order valence-corrected chi connectivity index (χ4v) is 1.62. The molecule has 0 fully saturated rings. The summed E-state index contributed by atoms with van der Waals surface area (Å²) in [4.78, 5) is 0. The number of hydrogen-bond acceptors (Lipinski definition) is 2. The zero-order valence-electron chi connectivity index (χ0n) is 7.96. The van der Waals surface area contributed by atoms with Crippen molar-refractivity contribution in [2.45, 2.75) is 13.1 Å². The summed E-state index contributed by atoms with van der Waals surface area (Å²) < 4.78 is 0. The van der Waals surface area contributed by atoms with Crippen molar-refractivity contribution in [3.63, 3.8) is 0 Å². The van der Waals surface area contributed by atoms with Crippen LogP contribution in [0.3, 0.4) is 0 Å². The van der Waals surface area contributed by atoms with Gasteiger partial charge in [-0.05, 0) is 34.0 Å². The minimum atomic E-state index is 0.497. The lowest BCUT2D eigenvalue weighted by Crippen LogP contribution is -2.06. The third-order valence-electron chi connectivity index (χ3n) is 2.39. The summed E-state index contributed by atoms with van der Waals surface area (Å²) >= 11 is 0. The molecule has 0 aliphatic carbocycles. The first-order valence-corrected chi connectivity index (χ1v) is 4.68. The molecule has 71 valence electrons. The largest absolute Gasteiger partial charge is 0.326 e. The second-order valence-electron chi connectivity index (χ2n) is 3.27. The highest BCUT2D eigenvalue weighted by molar-refractivity contribution is 5.83. The minimum Gasteiger partial charge on any atom is -0.326 e. The molecule has 0 atom stereocenters. The van der Waals surface area contributed by atoms with Gasteiger partial charge in [-0.1, -0.05) is 24.3 Å². The molecule has 4 N–H and O–H groups in total. The smallest absolute Gasteiger partial charge is 0.0187 e. The van der Waals surface area contributed by atoms with Gasteiger partial charge in [0.1, 0.15) is 0 Å². The molecule has 0 bridgehead atoms. The summed E-state index contributed by atoms with van der Waals surface area (Å²) in [5.41, 5.74) is 13.4. The van der Waals surface area contributed by atoms with Crippen molar-refractivity contribution in [2.75, 3.05) is 0 Å². The number of nitrogens with two attached hydrogens (primary N) is 2. The van der Waals surface area contributed by atoms with Crippen LogP contribution in [0.25, 0.3) is 10.8 Å². The van der Waals surface area contributed by atoms with Crippen molar-refractivity contribution in [1.82, 2.24) is 0 Å². The van der Waals surface area contributed by atoms with Gasteiger partial charge in [0.05, 0.1) is 0 Å². The summed E-state index contributed by atoms with van der Waals surface area (Å²) in [6.07, 6.45) is 0. The van der Waals surface area contributed by atoms with Crippen LogP contribution in [0.4, 0.5) is 0 Å². The van der Waals surface area contributed by atoms with Crippen LogP contribution in [0, 0.1) is 6.07 Å². The molecule has 0 aliphatic heterocycles. The van der Waals surface area contributed by atoms with Gasteiger partial charge in [0.15, 0.2) is 0 Å². The zero-order valence-corrected chi connectivity index (χ0v) is 7.96. The van der Waals surface area contributed by atoms with Crippen molar-refractivity contribution in [2.24, 2.45) is 11.5 Å². The van der Waals surface area contributed by atoms with E-state index in [2.05, 4.69) is 18.2 Å². The molecule has 2 rings (SSSR count). The van der Waals surface area contributed by atoms with Crippen molar-refractivity contribution in [3.05, 3.63) is 47.5 Å². The van der Waals surface area contributed by atoms with Gasteiger partial charge in [0.25, 0.3) is 0 Å². The van der Waals surface area contributed by atoms with E-state index in [0.29, 0.717) is 13.1 Å². The molecule has 2 nitrogen and oxygen atoms in total. The van der Waals surface area contributed by atoms with Crippen LogP contribution in [0.2, 0.25) is 0 Å². The van der Waals surface area contributed by atoms with Gasteiger partial charge in [-0.15, -0.1) is 0 Å². The highest BCUT2D eigenvalue weighted by Crippen LogP contribution is 2.18. The monoisotopic (exact) mass is 185 g/mol. The first-order chi connectivity index (χ1) is 6.85. The minimum absolute atomic E-state index is 0.497. The summed E-state index contributed by atoms with van der Waals surface area (Å²) in [5.74, 6) is 0. The summed E-state index contributed by atoms with van der Waals surface area (Å²) in [6, 6.07) is 13.5. The lowest BCUT2D eigenvalue weighted by atomic mass is 10.0. The van der Waals surface area contributed by atoms with E-state index in [9.17, 15) is 0 Å². The SMILES string of the molecule is NCc1[c]c2ccccc2cc1CN. The van der Waals surface area contributed by atoms with Gasteiger partial charge in [-0.3, -0.25) is 0 Å². The maximum absolute atomic E-state index is 5.64. The molecular formula is C12H13N2. The third-order valence-corrected chi connectivity index (χ3v) is 2.39. The van der Waals surface area contributed by atoms with Crippen LogP contribution in [0.15, 0.2) is 30.3 Å². The van der Waals surface area contributed by atoms with E-state index in [4.69, 9.17) is 11.5 Å². The quantitative estimate of drug-likeness (QED) is 0.746. The van der Waals surface area contributed by atoms with E-state index in [1.54, 1.807) is 0 Å². The van der Waals surface area contributed by atoms with Crippen LogP contribution in [0.5, 0.6) is 0 Å². The molecular weight excluding hydrogens is 172 g/mol. The molecule has 14 heavy (non-hydrogen) atoms. The van der Waals surface area contributed by atoms with Gasteiger partial charge in [-0.2, -0.15) is 0 Å². The Balaban J connectivity index is 2.69. The number of rotatable bonds is 2. The van der Waals surface area contributed by atoms with Gasteiger partial charge >= 0.3 is 0 Å². The predicted molar refractivity (Wildman–Crippen MR) is 58.6 cm³/mol. The topological polar surface area (TPSA) is 52.0 Å². The lowest BCUT2D eigenvalue weighted by Gasteiger charge is -2.07. The van der Waals surface area contributed by atoms with Crippen molar-refractivity contribution >= 4 is 10.8 Å². The fraction of sp³-hybridized carbons (Fsp3) is 0.167. The third kappa shape index (κ3) is 1.50. The first-order valence-electron chi connectivity index (χ1n) is 4.68. The predicted octanol–water partition coefficient (Wildman–Crippen LogP) is 1.56. The Labute approximate surface area is 83.5 Å². The molecule has 0 saturated carbocycles. The number of hydrogen-bond donors (Lipinski definition) is 2. The summed E-state index contributed by atoms with van der Waals surface area (Å²) in [7, 11) is 0. The molecule has 0 unspecified atom stereocenters. The average molecular weight is 185 g/mol. The summed E-state index contributed by atoms with van der Waals surface area (Å²) in [5, 5.41) is 2.27. The Kier molecular flexibility index (Phi) is 2.48. The molecule has 0 saturated heterocycles. The Morgan fingerprint density at radius 3 is 2.57 bits per heavy atom. The Hall–Kier alpha value is -1.38. The van der Waals surface area contributed by atoms with E-state index in [1.807, 2.05) is 18.2 Å². The van der Waals surface area contributed by atoms with E-state index >= 15 is 0 Å². The number of fused-ring (bicyclic) bond motifs is 1. The molecule has 0 spiro atoms. The van der Waals surface area contributed by atoms with Crippen LogP contribution in [0.1, 0.15) is 11.1 Å². The molecule has 0 aliphatic rings. The van der Waals surface area contributed by atoms with Crippen molar-refractivity contribution in [3.8, 4) is 0 Å². The molecule has 0 amide bonds. The molecule has 0 heterocycles.